The van der Waals surface area contributed by atoms with E-state index in [1.807, 2.05) is 18.7 Å². The molecule has 1 fully saturated rings. The molecule has 1 N–H and O–H groups in total. The molecule has 0 radical (unpaired) electrons. The lowest BCUT2D eigenvalue weighted by atomic mass is 10.0. The highest BCUT2D eigenvalue weighted by Crippen LogP contribution is 2.21. The van der Waals surface area contributed by atoms with Gasteiger partial charge in [0.1, 0.15) is 0 Å². The minimum atomic E-state index is -0.0956. The maximum atomic E-state index is 11.2. The molecule has 1 rings (SSSR count). The summed E-state index contributed by atoms with van der Waals surface area (Å²) in [5.74, 6) is 3.28. The Kier molecular flexibility index (Phi) is 6.88. The summed E-state index contributed by atoms with van der Waals surface area (Å²) in [4.78, 5) is 11.2. The fourth-order valence-electron chi connectivity index (χ4n) is 1.86. The van der Waals surface area contributed by atoms with Gasteiger partial charge in [-0.3, -0.25) is 4.79 Å². The van der Waals surface area contributed by atoms with E-state index < -0.39 is 0 Å². The molecule has 1 atom stereocenters. The third-order valence-electron chi connectivity index (χ3n) is 2.87. The Balaban J connectivity index is 2.08. The van der Waals surface area contributed by atoms with Crippen LogP contribution in [0.4, 0.5) is 0 Å². The van der Waals surface area contributed by atoms with E-state index in [4.69, 9.17) is 4.74 Å². The first kappa shape index (κ1) is 13.8. The number of carbonyl (C=O) groups excluding carboxylic acids is 1. The second-order valence-electron chi connectivity index (χ2n) is 4.37. The van der Waals surface area contributed by atoms with Crippen molar-refractivity contribution in [1.29, 1.82) is 0 Å². The first-order valence-corrected chi connectivity index (χ1v) is 7.34. The standard InChI is InChI=1S/C12H23NO2S/c1-3-15-12(14)8-10(2)13-9-11-4-6-16-7-5-11/h10-11,13H,3-9H2,1-2H3. The molecule has 94 valence electrons. The molecule has 0 amide bonds. The highest BCUT2D eigenvalue weighted by Gasteiger charge is 2.15. The molecule has 0 aromatic rings. The van der Waals surface area contributed by atoms with E-state index in [0.717, 1.165) is 12.5 Å². The first-order chi connectivity index (χ1) is 7.72. The Morgan fingerprint density at radius 2 is 2.19 bits per heavy atom. The molecule has 1 unspecified atom stereocenters. The zero-order valence-electron chi connectivity index (χ0n) is 10.3. The van der Waals surface area contributed by atoms with Gasteiger partial charge < -0.3 is 10.1 Å². The predicted molar refractivity (Wildman–Crippen MR) is 68.8 cm³/mol. The van der Waals surface area contributed by atoms with Crippen molar-refractivity contribution in [3.05, 3.63) is 0 Å². The fourth-order valence-corrected chi connectivity index (χ4v) is 3.06. The lowest BCUT2D eigenvalue weighted by Gasteiger charge is -2.23. The van der Waals surface area contributed by atoms with Gasteiger partial charge in [0, 0.05) is 6.04 Å². The third kappa shape index (κ3) is 5.75. The van der Waals surface area contributed by atoms with Gasteiger partial charge in [-0.25, -0.2) is 0 Å². The number of thioether (sulfide) groups is 1. The largest absolute Gasteiger partial charge is 0.466 e. The van der Waals surface area contributed by atoms with Gasteiger partial charge in [0.2, 0.25) is 0 Å². The smallest absolute Gasteiger partial charge is 0.307 e. The highest BCUT2D eigenvalue weighted by atomic mass is 32.2. The van der Waals surface area contributed by atoms with Crippen LogP contribution in [0.3, 0.4) is 0 Å². The Morgan fingerprint density at radius 1 is 1.50 bits per heavy atom. The molecular weight excluding hydrogens is 222 g/mol. The van der Waals surface area contributed by atoms with Crippen molar-refractivity contribution in [2.24, 2.45) is 5.92 Å². The number of carbonyl (C=O) groups is 1. The number of ether oxygens (including phenoxy) is 1. The Labute approximate surface area is 103 Å². The molecule has 1 saturated heterocycles. The van der Waals surface area contributed by atoms with Crippen molar-refractivity contribution < 1.29 is 9.53 Å². The van der Waals surface area contributed by atoms with Crippen molar-refractivity contribution >= 4 is 17.7 Å². The number of hydrogen-bond acceptors (Lipinski definition) is 4. The Bertz CT molecular complexity index is 205. The molecule has 0 aromatic heterocycles. The van der Waals surface area contributed by atoms with Crippen molar-refractivity contribution in [3.8, 4) is 0 Å². The minimum Gasteiger partial charge on any atom is -0.466 e. The van der Waals surface area contributed by atoms with Crippen LogP contribution in [0.2, 0.25) is 0 Å². The van der Waals surface area contributed by atoms with E-state index in [2.05, 4.69) is 12.2 Å². The van der Waals surface area contributed by atoms with Gasteiger partial charge >= 0.3 is 5.97 Å². The van der Waals surface area contributed by atoms with Crippen LogP contribution in [0.1, 0.15) is 33.1 Å². The second kappa shape index (κ2) is 7.96. The van der Waals surface area contributed by atoms with E-state index >= 15 is 0 Å². The highest BCUT2D eigenvalue weighted by molar-refractivity contribution is 7.99. The fraction of sp³-hybridized carbons (Fsp3) is 0.917. The molecule has 0 aromatic carbocycles. The molecule has 0 aliphatic carbocycles. The second-order valence-corrected chi connectivity index (χ2v) is 5.60. The lowest BCUT2D eigenvalue weighted by molar-refractivity contribution is -0.143. The van der Waals surface area contributed by atoms with Gasteiger partial charge in [0.25, 0.3) is 0 Å². The average molecular weight is 245 g/mol. The van der Waals surface area contributed by atoms with Crippen LogP contribution in [0, 0.1) is 5.92 Å². The SMILES string of the molecule is CCOC(=O)CC(C)NCC1CCSCC1. The summed E-state index contributed by atoms with van der Waals surface area (Å²) in [6, 6.07) is 0.230. The summed E-state index contributed by atoms with van der Waals surface area (Å²) < 4.78 is 4.92. The van der Waals surface area contributed by atoms with Crippen LogP contribution in [-0.4, -0.2) is 36.7 Å². The normalized spacial score (nSPS) is 19.4. The van der Waals surface area contributed by atoms with Crippen molar-refractivity contribution in [1.82, 2.24) is 5.32 Å². The molecule has 1 heterocycles. The summed E-state index contributed by atoms with van der Waals surface area (Å²) in [5, 5.41) is 3.43. The van der Waals surface area contributed by atoms with E-state index in [0.29, 0.717) is 13.0 Å². The number of nitrogens with one attached hydrogen (secondary N) is 1. The van der Waals surface area contributed by atoms with E-state index in [1.54, 1.807) is 0 Å². The molecule has 0 saturated carbocycles. The molecule has 16 heavy (non-hydrogen) atoms. The number of esters is 1. The zero-order valence-corrected chi connectivity index (χ0v) is 11.1. The van der Waals surface area contributed by atoms with E-state index in [9.17, 15) is 4.79 Å². The summed E-state index contributed by atoms with van der Waals surface area (Å²) in [5.41, 5.74) is 0. The summed E-state index contributed by atoms with van der Waals surface area (Å²) in [6.45, 7) is 5.41. The summed E-state index contributed by atoms with van der Waals surface area (Å²) in [7, 11) is 0. The van der Waals surface area contributed by atoms with E-state index in [1.165, 1.54) is 24.3 Å². The van der Waals surface area contributed by atoms with Crippen LogP contribution in [0.25, 0.3) is 0 Å². The first-order valence-electron chi connectivity index (χ1n) is 6.19. The van der Waals surface area contributed by atoms with Crippen LogP contribution < -0.4 is 5.32 Å². The van der Waals surface area contributed by atoms with E-state index in [-0.39, 0.29) is 12.0 Å². The van der Waals surface area contributed by atoms with Gasteiger partial charge in [-0.15, -0.1) is 0 Å². The molecule has 3 nitrogen and oxygen atoms in total. The van der Waals surface area contributed by atoms with Gasteiger partial charge in [-0.05, 0) is 50.7 Å². The van der Waals surface area contributed by atoms with Gasteiger partial charge in [0.05, 0.1) is 13.0 Å². The van der Waals surface area contributed by atoms with Crippen molar-refractivity contribution in [2.75, 3.05) is 24.7 Å². The summed E-state index contributed by atoms with van der Waals surface area (Å²) >= 11 is 2.05. The van der Waals surface area contributed by atoms with Gasteiger partial charge in [-0.1, -0.05) is 0 Å². The maximum Gasteiger partial charge on any atom is 0.307 e. The minimum absolute atomic E-state index is 0.0956. The molecule has 0 spiro atoms. The quantitative estimate of drug-likeness (QED) is 0.727. The van der Waals surface area contributed by atoms with Crippen LogP contribution in [-0.2, 0) is 9.53 Å². The van der Waals surface area contributed by atoms with Gasteiger partial charge in [0.15, 0.2) is 0 Å². The van der Waals surface area contributed by atoms with Crippen molar-refractivity contribution in [3.63, 3.8) is 0 Å². The van der Waals surface area contributed by atoms with Crippen LogP contribution >= 0.6 is 11.8 Å². The van der Waals surface area contributed by atoms with Crippen LogP contribution in [0.15, 0.2) is 0 Å². The summed E-state index contributed by atoms with van der Waals surface area (Å²) in [6.07, 6.45) is 3.10. The Morgan fingerprint density at radius 3 is 2.81 bits per heavy atom. The van der Waals surface area contributed by atoms with Gasteiger partial charge in [-0.2, -0.15) is 11.8 Å². The average Bonchev–Trinajstić information content (AvgIpc) is 2.28. The molecule has 4 heteroatoms. The molecule has 0 bridgehead atoms. The lowest BCUT2D eigenvalue weighted by Crippen LogP contribution is -2.34. The zero-order chi connectivity index (χ0) is 11.8. The maximum absolute atomic E-state index is 11.2. The van der Waals surface area contributed by atoms with Crippen LogP contribution in [0.5, 0.6) is 0 Å². The number of rotatable bonds is 6. The molecule has 1 aliphatic rings. The topological polar surface area (TPSA) is 38.3 Å². The molecular formula is C12H23NO2S. The Hall–Kier alpha value is -0.220. The molecule has 1 aliphatic heterocycles. The number of hydrogen-bond donors (Lipinski definition) is 1. The predicted octanol–water partition coefficient (Wildman–Crippen LogP) is 2.06. The third-order valence-corrected chi connectivity index (χ3v) is 3.92. The van der Waals surface area contributed by atoms with Crippen molar-refractivity contribution in [2.45, 2.75) is 39.2 Å². The monoisotopic (exact) mass is 245 g/mol.